The summed E-state index contributed by atoms with van der Waals surface area (Å²) in [5.41, 5.74) is 2.83. The molecular weight excluding hydrogens is 488 g/mol. The number of carbonyl (C=O) groups excluding carboxylic acids is 2. The Morgan fingerprint density at radius 1 is 1.08 bits per heavy atom. The number of hydrogen-bond acceptors (Lipinski definition) is 6. The minimum atomic E-state index is -0.327. The first kappa shape index (κ1) is 28.8. The summed E-state index contributed by atoms with van der Waals surface area (Å²) in [5, 5.41) is 8.07. The third kappa shape index (κ3) is 5.47. The number of fused-ring (bicyclic) bond motifs is 5. The Morgan fingerprint density at radius 3 is 2.59 bits per heavy atom. The van der Waals surface area contributed by atoms with Crippen molar-refractivity contribution in [1.82, 2.24) is 15.1 Å². The smallest absolute Gasteiger partial charge is 0.312 e. The number of carbonyl (C=O) groups is 2. The lowest BCUT2D eigenvalue weighted by atomic mass is 9.46. The van der Waals surface area contributed by atoms with Gasteiger partial charge in [0.15, 0.2) is 5.78 Å². The van der Waals surface area contributed by atoms with Crippen LogP contribution < -0.4 is 5.32 Å². The van der Waals surface area contributed by atoms with E-state index in [0.717, 1.165) is 50.4 Å². The second-order valence-corrected chi connectivity index (χ2v) is 14.3. The van der Waals surface area contributed by atoms with E-state index in [4.69, 9.17) is 4.84 Å². The number of amides is 1. The van der Waals surface area contributed by atoms with E-state index < -0.39 is 0 Å². The van der Waals surface area contributed by atoms with E-state index >= 15 is 0 Å². The van der Waals surface area contributed by atoms with Crippen LogP contribution in [0.25, 0.3) is 0 Å². The van der Waals surface area contributed by atoms with Crippen molar-refractivity contribution >= 4 is 17.6 Å². The number of oxime groups is 1. The Kier molecular flexibility index (Phi) is 8.32. The molecule has 0 aromatic carbocycles. The highest BCUT2D eigenvalue weighted by Crippen LogP contribution is 2.66. The van der Waals surface area contributed by atoms with Crippen LogP contribution in [0.5, 0.6) is 0 Å². The predicted molar refractivity (Wildman–Crippen MR) is 155 cm³/mol. The molecule has 0 bridgehead atoms. The van der Waals surface area contributed by atoms with Gasteiger partial charge in [0.05, 0.1) is 5.71 Å². The van der Waals surface area contributed by atoms with Crippen molar-refractivity contribution in [3.05, 3.63) is 11.6 Å². The molecule has 1 aliphatic heterocycles. The van der Waals surface area contributed by atoms with Crippen molar-refractivity contribution in [2.45, 2.75) is 91.5 Å². The van der Waals surface area contributed by atoms with Crippen LogP contribution in [0.3, 0.4) is 0 Å². The third-order valence-electron chi connectivity index (χ3n) is 11.9. The molecule has 4 aliphatic carbocycles. The highest BCUT2D eigenvalue weighted by molar-refractivity contribution is 5.91. The van der Waals surface area contributed by atoms with Crippen molar-refractivity contribution in [1.29, 1.82) is 0 Å². The molecule has 218 valence electrons. The third-order valence-corrected chi connectivity index (χ3v) is 11.9. The van der Waals surface area contributed by atoms with Crippen molar-refractivity contribution in [2.24, 2.45) is 45.6 Å². The van der Waals surface area contributed by atoms with E-state index in [-0.39, 0.29) is 16.9 Å². The van der Waals surface area contributed by atoms with Gasteiger partial charge in [-0.25, -0.2) is 4.79 Å². The van der Waals surface area contributed by atoms with Gasteiger partial charge in [0.1, 0.15) is 0 Å². The minimum absolute atomic E-state index is 0.205. The SMILES string of the molecule is C/C(=N\OC(=O)N(CCN(C)C)CC1NCCC1C)[C@H]1CC[C@H]2[C@@H]3CCC4=CC(=O)CC[C@]4(C)[C@H]3CC[C@]12C. The maximum Gasteiger partial charge on any atom is 0.436 e. The molecular formula is C32H52N4O3. The van der Waals surface area contributed by atoms with E-state index in [9.17, 15) is 9.59 Å². The number of hydrogen-bond donors (Lipinski definition) is 1. The molecule has 39 heavy (non-hydrogen) atoms. The summed E-state index contributed by atoms with van der Waals surface area (Å²) in [4.78, 5) is 35.0. The Hall–Kier alpha value is -1.73. The Bertz CT molecular complexity index is 1010. The van der Waals surface area contributed by atoms with Crippen LogP contribution >= 0.6 is 0 Å². The van der Waals surface area contributed by atoms with Crippen LogP contribution in [-0.4, -0.2) is 73.7 Å². The van der Waals surface area contributed by atoms with Crippen LogP contribution in [0.15, 0.2) is 16.8 Å². The van der Waals surface area contributed by atoms with Crippen molar-refractivity contribution in [3.63, 3.8) is 0 Å². The molecule has 7 heteroatoms. The van der Waals surface area contributed by atoms with E-state index in [1.165, 1.54) is 31.3 Å². The van der Waals surface area contributed by atoms with Gasteiger partial charge >= 0.3 is 6.09 Å². The van der Waals surface area contributed by atoms with Gasteiger partial charge in [0.2, 0.25) is 0 Å². The van der Waals surface area contributed by atoms with Gasteiger partial charge in [-0.3, -0.25) is 9.63 Å². The Balaban J connectivity index is 1.26. The van der Waals surface area contributed by atoms with Gasteiger partial charge in [-0.05, 0) is 120 Å². The number of likely N-dealkylation sites (N-methyl/N-ethyl adjacent to an activating group) is 1. The lowest BCUT2D eigenvalue weighted by molar-refractivity contribution is -0.117. The van der Waals surface area contributed by atoms with Gasteiger partial charge in [-0.15, -0.1) is 0 Å². The summed E-state index contributed by atoms with van der Waals surface area (Å²) in [6, 6.07) is 0.310. The average Bonchev–Trinajstić information content (AvgIpc) is 3.47. The molecule has 5 aliphatic rings. The van der Waals surface area contributed by atoms with Crippen LogP contribution in [0.2, 0.25) is 0 Å². The maximum atomic E-state index is 13.2. The zero-order chi connectivity index (χ0) is 27.9. The van der Waals surface area contributed by atoms with Gasteiger partial charge in [0.25, 0.3) is 0 Å². The normalized spacial score (nSPS) is 40.1. The highest BCUT2D eigenvalue weighted by Gasteiger charge is 2.59. The quantitative estimate of drug-likeness (QED) is 0.262. The molecule has 0 aromatic rings. The van der Waals surface area contributed by atoms with Crippen LogP contribution in [0.4, 0.5) is 4.79 Å². The lowest BCUT2D eigenvalue weighted by Crippen LogP contribution is -2.51. The van der Waals surface area contributed by atoms with Crippen LogP contribution in [0.1, 0.15) is 85.5 Å². The van der Waals surface area contributed by atoms with E-state index in [2.05, 4.69) is 43.1 Å². The van der Waals surface area contributed by atoms with Gasteiger partial charge in [-0.1, -0.05) is 31.5 Å². The first-order valence-electron chi connectivity index (χ1n) is 15.7. The zero-order valence-corrected chi connectivity index (χ0v) is 25.3. The Morgan fingerprint density at radius 2 is 1.87 bits per heavy atom. The lowest BCUT2D eigenvalue weighted by Gasteiger charge is -2.58. The van der Waals surface area contributed by atoms with Crippen molar-refractivity contribution in [2.75, 3.05) is 40.3 Å². The fourth-order valence-electron chi connectivity index (χ4n) is 9.44. The molecule has 0 spiro atoms. The van der Waals surface area contributed by atoms with Crippen molar-refractivity contribution < 1.29 is 14.4 Å². The van der Waals surface area contributed by atoms with Crippen molar-refractivity contribution in [3.8, 4) is 0 Å². The molecule has 3 saturated carbocycles. The van der Waals surface area contributed by atoms with E-state index in [1.807, 2.05) is 25.1 Å². The van der Waals surface area contributed by atoms with Crippen LogP contribution in [-0.2, 0) is 9.63 Å². The molecule has 1 N–H and O–H groups in total. The molecule has 1 saturated heterocycles. The van der Waals surface area contributed by atoms with Crippen LogP contribution in [0, 0.1) is 40.4 Å². The van der Waals surface area contributed by atoms with Gasteiger partial charge < -0.3 is 15.1 Å². The molecule has 0 aromatic heterocycles. The zero-order valence-electron chi connectivity index (χ0n) is 25.3. The molecule has 4 fully saturated rings. The molecule has 0 radical (unpaired) electrons. The maximum absolute atomic E-state index is 13.2. The molecule has 1 heterocycles. The predicted octanol–water partition coefficient (Wildman–Crippen LogP) is 5.51. The number of ketones is 1. The summed E-state index contributed by atoms with van der Waals surface area (Å²) in [6.07, 6.45) is 11.7. The Labute approximate surface area is 236 Å². The minimum Gasteiger partial charge on any atom is -0.312 e. The second-order valence-electron chi connectivity index (χ2n) is 14.3. The highest BCUT2D eigenvalue weighted by atomic mass is 16.7. The summed E-state index contributed by atoms with van der Waals surface area (Å²) in [5.74, 6) is 3.35. The summed E-state index contributed by atoms with van der Waals surface area (Å²) in [7, 11) is 4.07. The number of nitrogens with one attached hydrogen (secondary N) is 1. The van der Waals surface area contributed by atoms with Gasteiger partial charge in [-0.2, -0.15) is 0 Å². The monoisotopic (exact) mass is 540 g/mol. The molecule has 1 amide bonds. The summed E-state index contributed by atoms with van der Waals surface area (Å²) < 4.78 is 0. The fourth-order valence-corrected chi connectivity index (χ4v) is 9.44. The van der Waals surface area contributed by atoms with Gasteiger partial charge in [0, 0.05) is 38.0 Å². The average molecular weight is 541 g/mol. The first-order valence-corrected chi connectivity index (χ1v) is 15.7. The topological polar surface area (TPSA) is 74.2 Å². The largest absolute Gasteiger partial charge is 0.436 e. The second kappa shape index (κ2) is 11.3. The molecule has 8 atom stereocenters. The summed E-state index contributed by atoms with van der Waals surface area (Å²) >= 11 is 0. The molecule has 7 nitrogen and oxygen atoms in total. The van der Waals surface area contributed by atoms with E-state index in [1.54, 1.807) is 0 Å². The molecule has 5 rings (SSSR count). The van der Waals surface area contributed by atoms with E-state index in [0.29, 0.717) is 55.0 Å². The number of rotatable bonds is 7. The fraction of sp³-hybridized carbons (Fsp3) is 0.844. The first-order chi connectivity index (χ1) is 18.5. The number of allylic oxidation sites excluding steroid dienone is 1. The number of nitrogens with zero attached hydrogens (tertiary/aromatic N) is 3. The molecule has 2 unspecified atom stereocenters. The standard InChI is InChI=1S/C32H52N4O3/c1-21-13-16-33-29(21)20-36(18-17-35(5)6)30(38)39-34-22(2)26-9-10-27-25-8-7-23-19-24(37)11-14-31(23,3)28(25)12-15-32(26,27)4/h19,21,25-29,33H,7-18,20H2,1-6H3/b34-22+/t21?,25-,26+,27-,28-,29?,31-,32+/m0/s1. The summed E-state index contributed by atoms with van der Waals surface area (Å²) in [6.45, 7) is 12.4.